The molecular formula is C13H18O4. The first-order valence-electron chi connectivity index (χ1n) is 6.20. The Hall–Kier alpha value is -1.32. The van der Waals surface area contributed by atoms with Crippen molar-refractivity contribution in [3.63, 3.8) is 0 Å². The molecule has 1 atom stereocenters. The van der Waals surface area contributed by atoms with Crippen LogP contribution in [0.3, 0.4) is 0 Å². The molecule has 1 fully saturated rings. The highest BCUT2D eigenvalue weighted by molar-refractivity contribution is 6.02. The average Bonchev–Trinajstić information content (AvgIpc) is 2.52. The third-order valence-electron chi connectivity index (χ3n) is 3.73. The van der Waals surface area contributed by atoms with Crippen molar-refractivity contribution in [2.24, 2.45) is 11.3 Å². The van der Waals surface area contributed by atoms with Crippen LogP contribution in [-0.4, -0.2) is 25.2 Å². The number of carbonyl (C=O) groups excluding carboxylic acids is 2. The third-order valence-corrected chi connectivity index (χ3v) is 3.73. The minimum atomic E-state index is -1.08. The van der Waals surface area contributed by atoms with E-state index < -0.39 is 17.4 Å². The molecule has 0 saturated heterocycles. The standard InChI is InChI=1S/C13H18O4/c1-3-16-11(14)13(12(15)17-4-2)8-7-9-5-6-10(9)13/h7,10H,3-6,8H2,1-2H3. The van der Waals surface area contributed by atoms with Gasteiger partial charge in [-0.3, -0.25) is 9.59 Å². The SMILES string of the molecule is CCOC(=O)C1(C(=O)OCC)CC=C2CCC21. The van der Waals surface area contributed by atoms with Crippen LogP contribution in [0.5, 0.6) is 0 Å². The number of carbonyl (C=O) groups is 2. The summed E-state index contributed by atoms with van der Waals surface area (Å²) in [5.74, 6) is -0.829. The van der Waals surface area contributed by atoms with E-state index in [9.17, 15) is 9.59 Å². The fraction of sp³-hybridized carbons (Fsp3) is 0.692. The van der Waals surface area contributed by atoms with E-state index in [-0.39, 0.29) is 5.92 Å². The van der Waals surface area contributed by atoms with E-state index >= 15 is 0 Å². The van der Waals surface area contributed by atoms with Crippen molar-refractivity contribution in [1.29, 1.82) is 0 Å². The number of ether oxygens (including phenoxy) is 2. The highest BCUT2D eigenvalue weighted by Gasteiger charge is 2.60. The summed E-state index contributed by atoms with van der Waals surface area (Å²) in [4.78, 5) is 24.2. The number of hydrogen-bond acceptors (Lipinski definition) is 4. The molecule has 0 aliphatic heterocycles. The quantitative estimate of drug-likeness (QED) is 0.426. The topological polar surface area (TPSA) is 52.6 Å². The first-order chi connectivity index (χ1) is 8.16. The van der Waals surface area contributed by atoms with Gasteiger partial charge in [0.15, 0.2) is 5.41 Å². The zero-order valence-electron chi connectivity index (χ0n) is 10.3. The summed E-state index contributed by atoms with van der Waals surface area (Å²) in [5, 5.41) is 0. The lowest BCUT2D eigenvalue weighted by atomic mass is 9.66. The predicted octanol–water partition coefficient (Wildman–Crippen LogP) is 1.84. The van der Waals surface area contributed by atoms with Crippen LogP contribution in [0.1, 0.15) is 33.1 Å². The number of fused-ring (bicyclic) bond motifs is 1. The zero-order valence-corrected chi connectivity index (χ0v) is 10.3. The summed E-state index contributed by atoms with van der Waals surface area (Å²) in [7, 11) is 0. The van der Waals surface area contributed by atoms with E-state index in [1.165, 1.54) is 5.57 Å². The molecule has 0 aromatic rings. The smallest absolute Gasteiger partial charge is 0.324 e. The summed E-state index contributed by atoms with van der Waals surface area (Å²) in [6.45, 7) is 4.09. The molecule has 4 nitrogen and oxygen atoms in total. The van der Waals surface area contributed by atoms with Crippen LogP contribution in [0.25, 0.3) is 0 Å². The van der Waals surface area contributed by atoms with Crippen molar-refractivity contribution in [3.05, 3.63) is 11.6 Å². The van der Waals surface area contributed by atoms with E-state index in [0.717, 1.165) is 12.8 Å². The minimum absolute atomic E-state index is 0.0144. The van der Waals surface area contributed by atoms with Gasteiger partial charge in [-0.25, -0.2) is 0 Å². The zero-order chi connectivity index (χ0) is 12.5. The molecule has 0 spiro atoms. The molecule has 0 aromatic carbocycles. The second-order valence-corrected chi connectivity index (χ2v) is 4.49. The molecule has 0 heterocycles. The Labute approximate surface area is 101 Å². The van der Waals surface area contributed by atoms with E-state index in [2.05, 4.69) is 0 Å². The second kappa shape index (κ2) is 4.51. The maximum Gasteiger partial charge on any atom is 0.324 e. The van der Waals surface area contributed by atoms with E-state index in [1.807, 2.05) is 6.08 Å². The van der Waals surface area contributed by atoms with Gasteiger partial charge >= 0.3 is 11.9 Å². The first-order valence-corrected chi connectivity index (χ1v) is 6.20. The van der Waals surface area contributed by atoms with Crippen LogP contribution in [0.2, 0.25) is 0 Å². The highest BCUT2D eigenvalue weighted by atomic mass is 16.6. The normalized spacial score (nSPS) is 24.4. The lowest BCUT2D eigenvalue weighted by Crippen LogP contribution is -2.48. The Morgan fingerprint density at radius 1 is 1.29 bits per heavy atom. The number of rotatable bonds is 4. The monoisotopic (exact) mass is 238 g/mol. The van der Waals surface area contributed by atoms with Crippen molar-refractivity contribution >= 4 is 11.9 Å². The lowest BCUT2D eigenvalue weighted by molar-refractivity contribution is -0.175. The van der Waals surface area contributed by atoms with Gasteiger partial charge in [-0.15, -0.1) is 0 Å². The minimum Gasteiger partial charge on any atom is -0.465 e. The van der Waals surface area contributed by atoms with Gasteiger partial charge < -0.3 is 9.47 Å². The Bertz CT molecular complexity index is 352. The van der Waals surface area contributed by atoms with Gasteiger partial charge in [0.05, 0.1) is 13.2 Å². The molecule has 1 unspecified atom stereocenters. The Balaban J connectivity index is 2.24. The molecule has 0 aromatic heterocycles. The molecule has 2 rings (SSSR count). The third kappa shape index (κ3) is 1.66. The van der Waals surface area contributed by atoms with Crippen molar-refractivity contribution in [2.75, 3.05) is 13.2 Å². The Morgan fingerprint density at radius 3 is 2.24 bits per heavy atom. The average molecular weight is 238 g/mol. The van der Waals surface area contributed by atoms with Crippen molar-refractivity contribution in [2.45, 2.75) is 33.1 Å². The number of allylic oxidation sites excluding steroid dienone is 2. The van der Waals surface area contributed by atoms with E-state index in [4.69, 9.17) is 9.47 Å². The predicted molar refractivity (Wildman–Crippen MR) is 61.1 cm³/mol. The largest absolute Gasteiger partial charge is 0.465 e. The van der Waals surface area contributed by atoms with Gasteiger partial charge in [0, 0.05) is 5.92 Å². The molecule has 0 radical (unpaired) electrons. The lowest BCUT2D eigenvalue weighted by Gasteiger charge is -2.37. The Kier molecular flexibility index (Phi) is 3.22. The first kappa shape index (κ1) is 12.1. The molecule has 0 N–H and O–H groups in total. The fourth-order valence-electron chi connectivity index (χ4n) is 2.75. The summed E-state index contributed by atoms with van der Waals surface area (Å²) >= 11 is 0. The van der Waals surface area contributed by atoms with E-state index in [0.29, 0.717) is 19.6 Å². The van der Waals surface area contributed by atoms with Crippen LogP contribution in [0.15, 0.2) is 11.6 Å². The summed E-state index contributed by atoms with van der Waals surface area (Å²) < 4.78 is 10.2. The fourth-order valence-corrected chi connectivity index (χ4v) is 2.75. The Morgan fingerprint density at radius 2 is 1.88 bits per heavy atom. The second-order valence-electron chi connectivity index (χ2n) is 4.49. The molecule has 94 valence electrons. The van der Waals surface area contributed by atoms with Gasteiger partial charge in [0.2, 0.25) is 0 Å². The maximum absolute atomic E-state index is 12.1. The molecule has 4 heteroatoms. The van der Waals surface area contributed by atoms with Gasteiger partial charge in [0.1, 0.15) is 0 Å². The van der Waals surface area contributed by atoms with Crippen LogP contribution in [-0.2, 0) is 19.1 Å². The van der Waals surface area contributed by atoms with Crippen LogP contribution < -0.4 is 0 Å². The number of hydrogen-bond donors (Lipinski definition) is 0. The van der Waals surface area contributed by atoms with Gasteiger partial charge in [-0.2, -0.15) is 0 Å². The van der Waals surface area contributed by atoms with Crippen LogP contribution >= 0.6 is 0 Å². The molecule has 0 amide bonds. The molecule has 1 saturated carbocycles. The molecule has 0 bridgehead atoms. The molecular weight excluding hydrogens is 220 g/mol. The van der Waals surface area contributed by atoms with Crippen molar-refractivity contribution in [1.82, 2.24) is 0 Å². The van der Waals surface area contributed by atoms with Crippen LogP contribution in [0, 0.1) is 11.3 Å². The summed E-state index contributed by atoms with van der Waals surface area (Å²) in [6, 6.07) is 0. The number of esters is 2. The highest BCUT2D eigenvalue weighted by Crippen LogP contribution is 2.55. The maximum atomic E-state index is 12.1. The van der Waals surface area contributed by atoms with Gasteiger partial charge in [-0.1, -0.05) is 11.6 Å². The molecule has 17 heavy (non-hydrogen) atoms. The summed E-state index contributed by atoms with van der Waals surface area (Å²) in [5.41, 5.74) is 0.130. The molecule has 2 aliphatic rings. The van der Waals surface area contributed by atoms with E-state index in [1.54, 1.807) is 13.8 Å². The molecule has 2 aliphatic carbocycles. The summed E-state index contributed by atoms with van der Waals surface area (Å²) in [6.07, 6.45) is 4.31. The van der Waals surface area contributed by atoms with Gasteiger partial charge in [0.25, 0.3) is 0 Å². The van der Waals surface area contributed by atoms with Crippen molar-refractivity contribution < 1.29 is 19.1 Å². The van der Waals surface area contributed by atoms with Gasteiger partial charge in [-0.05, 0) is 33.1 Å². The van der Waals surface area contributed by atoms with Crippen molar-refractivity contribution in [3.8, 4) is 0 Å². The van der Waals surface area contributed by atoms with Crippen LogP contribution in [0.4, 0.5) is 0 Å².